The van der Waals surface area contributed by atoms with Gasteiger partial charge in [0.25, 0.3) is 0 Å². The average Bonchev–Trinajstić information content (AvgIpc) is 2.52. The van der Waals surface area contributed by atoms with Gasteiger partial charge in [0, 0.05) is 17.0 Å². The van der Waals surface area contributed by atoms with Crippen molar-refractivity contribution in [1.29, 1.82) is 0 Å². The Morgan fingerprint density at radius 1 is 1.00 bits per heavy atom. The van der Waals surface area contributed by atoms with Gasteiger partial charge in [0.05, 0.1) is 12.0 Å². The van der Waals surface area contributed by atoms with Crippen molar-refractivity contribution in [1.82, 2.24) is 0 Å². The topological polar surface area (TPSA) is 63.6 Å². The number of halogens is 1. The maximum absolute atomic E-state index is 12.1. The molecule has 0 atom stereocenters. The summed E-state index contributed by atoms with van der Waals surface area (Å²) >= 11 is 6.07. The highest BCUT2D eigenvalue weighted by Crippen LogP contribution is 2.23. The highest BCUT2D eigenvalue weighted by Gasteiger charge is 2.14. The quantitative estimate of drug-likeness (QED) is 0.785. The number of ketones is 1. The lowest BCUT2D eigenvalue weighted by Gasteiger charge is -2.11. The Bertz CT molecular complexity index is 682. The van der Waals surface area contributed by atoms with Crippen molar-refractivity contribution in [2.45, 2.75) is 19.4 Å². The summed E-state index contributed by atoms with van der Waals surface area (Å²) in [4.78, 5) is 22.6. The van der Waals surface area contributed by atoms with Crippen LogP contribution in [0.25, 0.3) is 0 Å². The molecule has 2 aromatic carbocycles. The van der Waals surface area contributed by atoms with E-state index in [-0.39, 0.29) is 25.2 Å². The van der Waals surface area contributed by atoms with E-state index >= 15 is 0 Å². The summed E-state index contributed by atoms with van der Waals surface area (Å²) in [6.45, 7) is 0.239. The highest BCUT2D eigenvalue weighted by molar-refractivity contribution is 6.31. The minimum atomic E-state index is -0.997. The molecule has 0 bridgehead atoms. The van der Waals surface area contributed by atoms with E-state index < -0.39 is 5.97 Å². The Hall–Kier alpha value is -2.33. The maximum atomic E-state index is 12.1. The van der Waals surface area contributed by atoms with Crippen molar-refractivity contribution in [3.63, 3.8) is 0 Å². The van der Waals surface area contributed by atoms with Crippen LogP contribution in [0.1, 0.15) is 28.8 Å². The van der Waals surface area contributed by atoms with E-state index in [1.54, 1.807) is 30.3 Å². The van der Waals surface area contributed by atoms with Crippen molar-refractivity contribution in [3.8, 4) is 5.75 Å². The van der Waals surface area contributed by atoms with E-state index in [0.717, 1.165) is 5.56 Å². The molecule has 0 aliphatic carbocycles. The lowest BCUT2D eigenvalue weighted by atomic mass is 10.1. The Balaban J connectivity index is 2.10. The second-order valence-corrected chi connectivity index (χ2v) is 5.10. The minimum absolute atomic E-state index is 0.0538. The van der Waals surface area contributed by atoms with Crippen LogP contribution in [0.4, 0.5) is 0 Å². The van der Waals surface area contributed by atoms with E-state index in [9.17, 15) is 9.59 Å². The number of carbonyl (C=O) groups is 2. The molecule has 1 N–H and O–H groups in total. The van der Waals surface area contributed by atoms with E-state index in [4.69, 9.17) is 21.4 Å². The second-order valence-electron chi connectivity index (χ2n) is 4.69. The molecular formula is C17H15ClO4. The third-order valence-electron chi connectivity index (χ3n) is 3.09. The summed E-state index contributed by atoms with van der Waals surface area (Å²) < 4.78 is 5.68. The standard InChI is InChI=1S/C17H15ClO4/c18-14-7-3-1-5-12(14)11-22-16-8-4-2-6-13(16)15(19)9-10-17(20)21/h1-8H,9-11H2,(H,20,21). The first-order valence-corrected chi connectivity index (χ1v) is 7.16. The predicted molar refractivity (Wildman–Crippen MR) is 83.4 cm³/mol. The molecule has 0 unspecified atom stereocenters. The summed E-state index contributed by atoms with van der Waals surface area (Å²) in [5, 5.41) is 9.26. The zero-order valence-corrected chi connectivity index (χ0v) is 12.5. The fourth-order valence-electron chi connectivity index (χ4n) is 1.95. The van der Waals surface area contributed by atoms with Crippen molar-refractivity contribution < 1.29 is 19.4 Å². The first kappa shape index (κ1) is 16.0. The predicted octanol–water partition coefficient (Wildman–Crippen LogP) is 3.97. The summed E-state index contributed by atoms with van der Waals surface area (Å²) in [5.74, 6) is -0.821. The second kappa shape index (κ2) is 7.61. The third kappa shape index (κ3) is 4.33. The third-order valence-corrected chi connectivity index (χ3v) is 3.46. The van der Waals surface area contributed by atoms with Crippen LogP contribution in [0.3, 0.4) is 0 Å². The molecule has 2 rings (SSSR count). The summed E-state index contributed by atoms with van der Waals surface area (Å²) in [5.41, 5.74) is 1.20. The number of ether oxygens (including phenoxy) is 1. The van der Waals surface area contributed by atoms with Crippen LogP contribution in [0.2, 0.25) is 5.02 Å². The molecule has 0 aliphatic heterocycles. The van der Waals surface area contributed by atoms with Crippen LogP contribution in [0, 0.1) is 0 Å². The van der Waals surface area contributed by atoms with Gasteiger partial charge in [0.2, 0.25) is 0 Å². The van der Waals surface area contributed by atoms with E-state index in [1.165, 1.54) is 0 Å². The van der Waals surface area contributed by atoms with Gasteiger partial charge in [0.15, 0.2) is 5.78 Å². The number of Topliss-reactive ketones (excluding diaryl/α,β-unsaturated/α-hetero) is 1. The molecule has 5 heteroatoms. The molecule has 0 saturated carbocycles. The van der Waals surface area contributed by atoms with Crippen molar-refractivity contribution >= 4 is 23.4 Å². The van der Waals surface area contributed by atoms with Crippen LogP contribution < -0.4 is 4.74 Å². The van der Waals surface area contributed by atoms with Gasteiger partial charge in [-0.25, -0.2) is 0 Å². The Morgan fingerprint density at radius 3 is 2.41 bits per heavy atom. The first-order valence-electron chi connectivity index (χ1n) is 6.78. The smallest absolute Gasteiger partial charge is 0.303 e. The number of hydrogen-bond donors (Lipinski definition) is 1. The molecule has 0 saturated heterocycles. The molecule has 4 nitrogen and oxygen atoms in total. The Morgan fingerprint density at radius 2 is 1.68 bits per heavy atom. The fourth-order valence-corrected chi connectivity index (χ4v) is 2.14. The highest BCUT2D eigenvalue weighted by atomic mass is 35.5. The number of benzene rings is 2. The fraction of sp³-hybridized carbons (Fsp3) is 0.176. The molecule has 0 aromatic heterocycles. The molecule has 0 heterocycles. The monoisotopic (exact) mass is 318 g/mol. The van der Waals surface area contributed by atoms with Crippen molar-refractivity contribution in [2.24, 2.45) is 0 Å². The Kier molecular flexibility index (Phi) is 5.55. The molecule has 114 valence electrons. The van der Waals surface area contributed by atoms with Gasteiger partial charge in [0.1, 0.15) is 12.4 Å². The van der Waals surface area contributed by atoms with Gasteiger partial charge < -0.3 is 9.84 Å². The van der Waals surface area contributed by atoms with E-state index in [1.807, 2.05) is 18.2 Å². The van der Waals surface area contributed by atoms with Crippen LogP contribution in [0.15, 0.2) is 48.5 Å². The molecule has 2 aromatic rings. The first-order chi connectivity index (χ1) is 10.6. The summed E-state index contributed by atoms with van der Waals surface area (Å²) in [6.07, 6.45) is -0.251. The largest absolute Gasteiger partial charge is 0.488 e. The number of carboxylic acids is 1. The number of hydrogen-bond acceptors (Lipinski definition) is 3. The molecule has 0 aliphatic rings. The minimum Gasteiger partial charge on any atom is -0.488 e. The lowest BCUT2D eigenvalue weighted by Crippen LogP contribution is -2.07. The molecule has 0 amide bonds. The van der Waals surface area contributed by atoms with Gasteiger partial charge in [-0.2, -0.15) is 0 Å². The Labute approximate surface area is 133 Å². The molecule has 0 fully saturated rings. The van der Waals surface area contributed by atoms with Crippen molar-refractivity contribution in [2.75, 3.05) is 0 Å². The molecule has 0 radical (unpaired) electrons. The number of carbonyl (C=O) groups excluding carboxylic acids is 1. The van der Waals surface area contributed by atoms with Crippen LogP contribution in [-0.2, 0) is 11.4 Å². The number of carboxylic acid groups (broad SMARTS) is 1. The molecular weight excluding hydrogens is 304 g/mol. The maximum Gasteiger partial charge on any atom is 0.303 e. The molecule has 0 spiro atoms. The number of para-hydroxylation sites is 1. The zero-order valence-electron chi connectivity index (χ0n) is 11.8. The zero-order chi connectivity index (χ0) is 15.9. The normalized spacial score (nSPS) is 10.2. The van der Waals surface area contributed by atoms with Gasteiger partial charge in [-0.1, -0.05) is 41.9 Å². The number of aliphatic carboxylic acids is 1. The van der Waals surface area contributed by atoms with Crippen LogP contribution >= 0.6 is 11.6 Å². The van der Waals surface area contributed by atoms with Crippen LogP contribution in [0.5, 0.6) is 5.75 Å². The SMILES string of the molecule is O=C(O)CCC(=O)c1ccccc1OCc1ccccc1Cl. The molecule has 22 heavy (non-hydrogen) atoms. The van der Waals surface area contributed by atoms with E-state index in [2.05, 4.69) is 0 Å². The number of rotatable bonds is 7. The van der Waals surface area contributed by atoms with Gasteiger partial charge >= 0.3 is 5.97 Å². The summed E-state index contributed by atoms with van der Waals surface area (Å²) in [7, 11) is 0. The van der Waals surface area contributed by atoms with Gasteiger partial charge in [-0.3, -0.25) is 9.59 Å². The van der Waals surface area contributed by atoms with Gasteiger partial charge in [-0.05, 0) is 18.2 Å². The van der Waals surface area contributed by atoms with Gasteiger partial charge in [-0.15, -0.1) is 0 Å². The van der Waals surface area contributed by atoms with Crippen molar-refractivity contribution in [3.05, 3.63) is 64.7 Å². The average molecular weight is 319 g/mol. The van der Waals surface area contributed by atoms with E-state index in [0.29, 0.717) is 16.3 Å². The summed E-state index contributed by atoms with van der Waals surface area (Å²) in [6, 6.07) is 14.1. The van der Waals surface area contributed by atoms with Crippen LogP contribution in [-0.4, -0.2) is 16.9 Å². The lowest BCUT2D eigenvalue weighted by molar-refractivity contribution is -0.136.